The molecule has 1 fully saturated rings. The molecule has 0 aliphatic carbocycles. The molecule has 0 saturated carbocycles. The van der Waals surface area contributed by atoms with Crippen molar-refractivity contribution < 1.29 is 26.4 Å². The molecule has 2 aromatic heterocycles. The van der Waals surface area contributed by atoms with E-state index in [1.807, 2.05) is 0 Å². The molecule has 0 radical (unpaired) electrons. The Hall–Kier alpha value is -2.84. The zero-order chi connectivity index (χ0) is 23.0. The molecule has 1 N–H and O–H groups in total. The van der Waals surface area contributed by atoms with E-state index in [1.54, 1.807) is 0 Å². The van der Waals surface area contributed by atoms with Gasteiger partial charge in [0.15, 0.2) is 0 Å². The summed E-state index contributed by atoms with van der Waals surface area (Å²) in [5, 5.41) is 14.1. The van der Waals surface area contributed by atoms with E-state index < -0.39 is 34.3 Å². The number of rotatable bonds is 6. The lowest BCUT2D eigenvalue weighted by Gasteiger charge is -2.21. The Balaban J connectivity index is 1.56. The Morgan fingerprint density at radius 1 is 1.31 bits per heavy atom. The molecule has 3 heterocycles. The van der Waals surface area contributed by atoms with Crippen molar-refractivity contribution in [2.75, 3.05) is 11.9 Å². The van der Waals surface area contributed by atoms with Gasteiger partial charge >= 0.3 is 6.55 Å². The third-order valence-electron chi connectivity index (χ3n) is 4.98. The summed E-state index contributed by atoms with van der Waals surface area (Å²) in [5.41, 5.74) is 0.0708. The predicted octanol–water partition coefficient (Wildman–Crippen LogP) is 3.36. The van der Waals surface area contributed by atoms with Crippen molar-refractivity contribution >= 4 is 33.0 Å². The van der Waals surface area contributed by atoms with Gasteiger partial charge in [0.05, 0.1) is 17.9 Å². The van der Waals surface area contributed by atoms with Gasteiger partial charge in [0.2, 0.25) is 15.0 Å². The van der Waals surface area contributed by atoms with E-state index in [0.717, 1.165) is 23.6 Å². The lowest BCUT2D eigenvalue weighted by atomic mass is 10.2. The third kappa shape index (κ3) is 4.12. The molecule has 3 aromatic rings. The average molecular weight is 487 g/mol. The van der Waals surface area contributed by atoms with Gasteiger partial charge in [-0.05, 0) is 38.0 Å². The molecule has 0 spiro atoms. The smallest absolute Gasteiger partial charge is 0.320 e. The fourth-order valence-electron chi connectivity index (χ4n) is 3.47. The van der Waals surface area contributed by atoms with E-state index in [-0.39, 0.29) is 27.8 Å². The zero-order valence-corrected chi connectivity index (χ0v) is 18.2. The summed E-state index contributed by atoms with van der Waals surface area (Å²) in [6.45, 7) is -1.54. The standard InChI is InChI=1S/C18H17F3N6O3S2/c1-10-14(9-22-27(10)18(20)21)32(29,30)26-7-3-6-13(26)16-24-25-17(31-16)15(28)23-12-5-2-4-11(19)8-12/h2,4-5,8-9,13,18H,3,6-7H2,1H3,(H,23,28)/t13-/m1/s1. The van der Waals surface area contributed by atoms with Gasteiger partial charge in [-0.1, -0.05) is 17.4 Å². The molecule has 1 aliphatic heterocycles. The molecular formula is C18H17F3N6O3S2. The monoisotopic (exact) mass is 486 g/mol. The predicted molar refractivity (Wildman–Crippen MR) is 108 cm³/mol. The molecule has 4 rings (SSSR count). The van der Waals surface area contributed by atoms with Crippen LogP contribution in [-0.2, 0) is 10.0 Å². The molecule has 1 aliphatic rings. The highest BCUT2D eigenvalue weighted by atomic mass is 32.2. The van der Waals surface area contributed by atoms with Crippen molar-refractivity contribution in [3.05, 3.63) is 52.0 Å². The van der Waals surface area contributed by atoms with Gasteiger partial charge in [-0.2, -0.15) is 18.2 Å². The molecule has 0 bridgehead atoms. The van der Waals surface area contributed by atoms with Crippen LogP contribution in [0.5, 0.6) is 0 Å². The second-order valence-electron chi connectivity index (χ2n) is 7.00. The number of benzene rings is 1. The lowest BCUT2D eigenvalue weighted by molar-refractivity contribution is 0.0541. The van der Waals surface area contributed by atoms with Gasteiger partial charge in [0.25, 0.3) is 5.91 Å². The summed E-state index contributed by atoms with van der Waals surface area (Å²) >= 11 is 0.916. The SMILES string of the molecule is Cc1c(S(=O)(=O)N2CCC[C@@H]2c2nnc(C(=O)Nc3cccc(F)c3)s2)cnn1C(F)F. The van der Waals surface area contributed by atoms with Crippen molar-refractivity contribution in [3.8, 4) is 0 Å². The van der Waals surface area contributed by atoms with Crippen molar-refractivity contribution in [2.24, 2.45) is 0 Å². The third-order valence-corrected chi connectivity index (χ3v) is 8.01. The number of amides is 1. The molecule has 1 saturated heterocycles. The number of nitrogens with zero attached hydrogens (tertiary/aromatic N) is 5. The second-order valence-corrected chi connectivity index (χ2v) is 9.87. The number of hydrogen-bond acceptors (Lipinski definition) is 7. The first-order valence-corrected chi connectivity index (χ1v) is 11.7. The number of nitrogens with one attached hydrogen (secondary N) is 1. The first-order valence-electron chi connectivity index (χ1n) is 9.43. The minimum absolute atomic E-state index is 0.0183. The molecule has 0 unspecified atom stereocenters. The van der Waals surface area contributed by atoms with Crippen LogP contribution in [0.25, 0.3) is 0 Å². The minimum Gasteiger partial charge on any atom is -0.320 e. The number of halogens is 3. The van der Waals surface area contributed by atoms with Crippen molar-refractivity contribution in [3.63, 3.8) is 0 Å². The number of aromatic nitrogens is 4. The van der Waals surface area contributed by atoms with E-state index in [1.165, 1.54) is 29.4 Å². The summed E-state index contributed by atoms with van der Waals surface area (Å²) in [6.07, 6.45) is 1.86. The summed E-state index contributed by atoms with van der Waals surface area (Å²) in [6, 6.07) is 4.64. The maximum absolute atomic E-state index is 13.3. The highest BCUT2D eigenvalue weighted by molar-refractivity contribution is 7.89. The van der Waals surface area contributed by atoms with Gasteiger partial charge in [-0.25, -0.2) is 17.5 Å². The van der Waals surface area contributed by atoms with E-state index in [2.05, 4.69) is 20.6 Å². The normalized spacial score (nSPS) is 17.2. The van der Waals surface area contributed by atoms with Crippen LogP contribution in [0.1, 0.15) is 45.9 Å². The second kappa shape index (κ2) is 8.60. The van der Waals surface area contributed by atoms with Crippen LogP contribution in [0.15, 0.2) is 35.4 Å². The van der Waals surface area contributed by atoms with Crippen LogP contribution in [0.4, 0.5) is 18.9 Å². The van der Waals surface area contributed by atoms with Crippen LogP contribution in [0, 0.1) is 12.7 Å². The summed E-state index contributed by atoms with van der Waals surface area (Å²) < 4.78 is 67.2. The topological polar surface area (TPSA) is 110 Å². The highest BCUT2D eigenvalue weighted by Gasteiger charge is 2.40. The van der Waals surface area contributed by atoms with Gasteiger partial charge in [-0.3, -0.25) is 4.79 Å². The fourth-order valence-corrected chi connectivity index (χ4v) is 6.23. The van der Waals surface area contributed by atoms with Gasteiger partial charge in [0, 0.05) is 12.2 Å². The van der Waals surface area contributed by atoms with Gasteiger partial charge < -0.3 is 5.32 Å². The number of carbonyl (C=O) groups is 1. The van der Waals surface area contributed by atoms with Crippen molar-refractivity contribution in [2.45, 2.75) is 37.3 Å². The Labute approximate surface area is 184 Å². The quantitative estimate of drug-likeness (QED) is 0.572. The average Bonchev–Trinajstić information content (AvgIpc) is 3.46. The summed E-state index contributed by atoms with van der Waals surface area (Å²) in [7, 11) is -4.13. The molecule has 9 nitrogen and oxygen atoms in total. The van der Waals surface area contributed by atoms with E-state index in [0.29, 0.717) is 22.5 Å². The van der Waals surface area contributed by atoms with Crippen LogP contribution in [-0.4, -0.2) is 45.2 Å². The number of anilines is 1. The zero-order valence-electron chi connectivity index (χ0n) is 16.6. The number of hydrogen-bond donors (Lipinski definition) is 1. The molecule has 1 aromatic carbocycles. The maximum atomic E-state index is 13.3. The maximum Gasteiger partial charge on any atom is 0.333 e. The molecule has 170 valence electrons. The van der Waals surface area contributed by atoms with Gasteiger partial charge in [0.1, 0.15) is 15.7 Å². The van der Waals surface area contributed by atoms with Crippen LogP contribution in [0.2, 0.25) is 0 Å². The Bertz CT molecular complexity index is 1260. The Morgan fingerprint density at radius 3 is 2.78 bits per heavy atom. The first-order chi connectivity index (χ1) is 15.2. The molecule has 32 heavy (non-hydrogen) atoms. The fraction of sp³-hybridized carbons (Fsp3) is 0.333. The lowest BCUT2D eigenvalue weighted by Crippen LogP contribution is -2.31. The van der Waals surface area contributed by atoms with Crippen molar-refractivity contribution in [1.29, 1.82) is 0 Å². The number of alkyl halides is 2. The molecular weight excluding hydrogens is 469 g/mol. The first kappa shape index (κ1) is 22.4. The van der Waals surface area contributed by atoms with E-state index in [9.17, 15) is 26.4 Å². The number of sulfonamides is 1. The Morgan fingerprint density at radius 2 is 2.09 bits per heavy atom. The molecule has 1 atom stereocenters. The number of carbonyl (C=O) groups excluding carboxylic acids is 1. The highest BCUT2D eigenvalue weighted by Crippen LogP contribution is 2.38. The van der Waals surface area contributed by atoms with E-state index >= 15 is 0 Å². The summed E-state index contributed by atoms with van der Waals surface area (Å²) in [5.74, 6) is -1.13. The van der Waals surface area contributed by atoms with Gasteiger partial charge in [-0.15, -0.1) is 10.2 Å². The largest absolute Gasteiger partial charge is 0.333 e. The van der Waals surface area contributed by atoms with Crippen LogP contribution in [0.3, 0.4) is 0 Å². The van der Waals surface area contributed by atoms with E-state index in [4.69, 9.17) is 0 Å². The summed E-state index contributed by atoms with van der Waals surface area (Å²) in [4.78, 5) is 12.1. The van der Waals surface area contributed by atoms with Crippen LogP contribution < -0.4 is 5.32 Å². The Kier molecular flexibility index (Phi) is 6.01. The van der Waals surface area contributed by atoms with Crippen molar-refractivity contribution in [1.82, 2.24) is 24.3 Å². The van der Waals surface area contributed by atoms with Crippen LogP contribution >= 0.6 is 11.3 Å². The minimum atomic E-state index is -4.13. The molecule has 1 amide bonds. The molecule has 14 heteroatoms.